The van der Waals surface area contributed by atoms with Crippen molar-refractivity contribution in [1.82, 2.24) is 4.90 Å². The van der Waals surface area contributed by atoms with E-state index in [9.17, 15) is 5.11 Å². The number of piperidine rings is 1. The molecule has 94 valence electrons. The third-order valence-corrected chi connectivity index (χ3v) is 3.55. The third-order valence-electron chi connectivity index (χ3n) is 3.30. The number of hydrogen-bond acceptors (Lipinski definition) is 2. The summed E-state index contributed by atoms with van der Waals surface area (Å²) in [5, 5.41) is 10.8. The van der Waals surface area contributed by atoms with Crippen LogP contribution < -0.4 is 0 Å². The molecule has 1 saturated heterocycles. The lowest BCUT2D eigenvalue weighted by atomic mass is 10.1. The van der Waals surface area contributed by atoms with Gasteiger partial charge in [-0.25, -0.2) is 0 Å². The lowest BCUT2D eigenvalue weighted by molar-refractivity contribution is 0.101. The Morgan fingerprint density at radius 1 is 1.12 bits per heavy atom. The predicted octanol–water partition coefficient (Wildman–Crippen LogP) is 2.73. The largest absolute Gasteiger partial charge is 0.391 e. The molecule has 1 N–H and O–H groups in total. The Morgan fingerprint density at radius 3 is 2.41 bits per heavy atom. The van der Waals surface area contributed by atoms with Crippen molar-refractivity contribution < 1.29 is 5.11 Å². The number of nitrogens with zero attached hydrogens (tertiary/aromatic N) is 1. The van der Waals surface area contributed by atoms with Crippen LogP contribution in [0, 0.1) is 0 Å². The second kappa shape index (κ2) is 6.39. The molecule has 1 aliphatic heterocycles. The first-order valence-electron chi connectivity index (χ1n) is 6.39. The molecule has 0 saturated carbocycles. The zero-order valence-corrected chi connectivity index (χ0v) is 10.9. The molecule has 0 aromatic heterocycles. The molecule has 0 amide bonds. The fourth-order valence-electron chi connectivity index (χ4n) is 2.40. The molecule has 1 aromatic carbocycles. The smallest absolute Gasteiger partial charge is 0.0707 e. The van der Waals surface area contributed by atoms with Crippen LogP contribution in [0.2, 0.25) is 5.02 Å². The number of benzene rings is 1. The molecule has 1 aromatic rings. The first-order chi connectivity index (χ1) is 8.24. The van der Waals surface area contributed by atoms with E-state index in [1.807, 2.05) is 24.3 Å². The molecule has 0 bridgehead atoms. The molecule has 17 heavy (non-hydrogen) atoms. The van der Waals surface area contributed by atoms with Crippen molar-refractivity contribution in [2.75, 3.05) is 19.6 Å². The van der Waals surface area contributed by atoms with Gasteiger partial charge in [-0.2, -0.15) is 0 Å². The molecule has 1 heterocycles. The molecule has 0 radical (unpaired) electrons. The van der Waals surface area contributed by atoms with Gasteiger partial charge in [0.1, 0.15) is 0 Å². The second-order valence-corrected chi connectivity index (χ2v) is 5.28. The Kier molecular flexibility index (Phi) is 4.84. The maximum Gasteiger partial charge on any atom is 0.0707 e. The van der Waals surface area contributed by atoms with E-state index < -0.39 is 0 Å². The average molecular weight is 254 g/mol. The van der Waals surface area contributed by atoms with Crippen molar-refractivity contribution in [2.45, 2.75) is 31.8 Å². The van der Waals surface area contributed by atoms with Crippen LogP contribution in [-0.2, 0) is 6.42 Å². The summed E-state index contributed by atoms with van der Waals surface area (Å²) in [4.78, 5) is 2.37. The highest BCUT2D eigenvalue weighted by Gasteiger charge is 2.14. The Labute approximate surface area is 108 Å². The van der Waals surface area contributed by atoms with E-state index in [0.717, 1.165) is 30.2 Å². The van der Waals surface area contributed by atoms with E-state index in [1.165, 1.54) is 19.3 Å². The van der Waals surface area contributed by atoms with Crippen molar-refractivity contribution in [3.05, 3.63) is 34.9 Å². The number of likely N-dealkylation sites (tertiary alicyclic amines) is 1. The maximum atomic E-state index is 10.0. The van der Waals surface area contributed by atoms with Crippen LogP contribution in [-0.4, -0.2) is 35.7 Å². The molecule has 2 nitrogen and oxygen atoms in total. The van der Waals surface area contributed by atoms with Gasteiger partial charge in [0, 0.05) is 11.6 Å². The van der Waals surface area contributed by atoms with Gasteiger partial charge in [0.25, 0.3) is 0 Å². The predicted molar refractivity (Wildman–Crippen MR) is 71.5 cm³/mol. The molecule has 1 fully saturated rings. The molecule has 3 heteroatoms. The van der Waals surface area contributed by atoms with Gasteiger partial charge in [-0.1, -0.05) is 30.2 Å². The number of halogens is 1. The molecule has 0 spiro atoms. The molecule has 2 rings (SSSR count). The van der Waals surface area contributed by atoms with E-state index in [0.29, 0.717) is 6.42 Å². The van der Waals surface area contributed by atoms with Crippen LogP contribution in [0.3, 0.4) is 0 Å². The Morgan fingerprint density at radius 2 is 1.76 bits per heavy atom. The third kappa shape index (κ3) is 4.30. The van der Waals surface area contributed by atoms with E-state index >= 15 is 0 Å². The second-order valence-electron chi connectivity index (χ2n) is 4.85. The fraction of sp³-hybridized carbons (Fsp3) is 0.571. The van der Waals surface area contributed by atoms with Gasteiger partial charge < -0.3 is 10.0 Å². The minimum Gasteiger partial charge on any atom is -0.391 e. The number of aliphatic hydroxyl groups is 1. The Hall–Kier alpha value is -0.570. The highest BCUT2D eigenvalue weighted by atomic mass is 35.5. The molecule has 1 aliphatic rings. The zero-order valence-electron chi connectivity index (χ0n) is 10.1. The Bertz CT molecular complexity index is 333. The van der Waals surface area contributed by atoms with Crippen LogP contribution >= 0.6 is 11.6 Å². The summed E-state index contributed by atoms with van der Waals surface area (Å²) in [5.74, 6) is 0. The van der Waals surface area contributed by atoms with Crippen molar-refractivity contribution in [2.24, 2.45) is 0 Å². The highest BCUT2D eigenvalue weighted by Crippen LogP contribution is 2.13. The van der Waals surface area contributed by atoms with E-state index in [4.69, 9.17) is 11.6 Å². The van der Waals surface area contributed by atoms with Crippen LogP contribution in [0.25, 0.3) is 0 Å². The van der Waals surface area contributed by atoms with Crippen LogP contribution in [0.5, 0.6) is 0 Å². The molecule has 1 atom stereocenters. The van der Waals surface area contributed by atoms with Crippen molar-refractivity contribution in [1.29, 1.82) is 0 Å². The molecule has 1 unspecified atom stereocenters. The summed E-state index contributed by atoms with van der Waals surface area (Å²) >= 11 is 5.83. The van der Waals surface area contributed by atoms with Gasteiger partial charge in [0.2, 0.25) is 0 Å². The first-order valence-corrected chi connectivity index (χ1v) is 6.77. The molecule has 0 aliphatic carbocycles. The van der Waals surface area contributed by atoms with Gasteiger partial charge in [-0.15, -0.1) is 0 Å². The van der Waals surface area contributed by atoms with E-state index in [2.05, 4.69) is 4.90 Å². The van der Waals surface area contributed by atoms with Gasteiger partial charge in [-0.05, 0) is 50.0 Å². The number of β-amino-alcohol motifs (C(OH)–C–C–N with tert-alkyl or cyclic N) is 1. The average Bonchev–Trinajstić information content (AvgIpc) is 2.33. The van der Waals surface area contributed by atoms with Crippen molar-refractivity contribution in [3.63, 3.8) is 0 Å². The normalized spacial score (nSPS) is 19.2. The number of aliphatic hydroxyl groups excluding tert-OH is 1. The fourth-order valence-corrected chi connectivity index (χ4v) is 2.52. The summed E-state index contributed by atoms with van der Waals surface area (Å²) in [7, 11) is 0. The van der Waals surface area contributed by atoms with Crippen molar-refractivity contribution >= 4 is 11.6 Å². The molecular weight excluding hydrogens is 234 g/mol. The van der Waals surface area contributed by atoms with Gasteiger partial charge in [-0.3, -0.25) is 0 Å². The Balaban J connectivity index is 1.79. The van der Waals surface area contributed by atoms with Crippen LogP contribution in [0.15, 0.2) is 24.3 Å². The van der Waals surface area contributed by atoms with Gasteiger partial charge in [0.15, 0.2) is 0 Å². The number of hydrogen-bond donors (Lipinski definition) is 1. The lowest BCUT2D eigenvalue weighted by Gasteiger charge is -2.28. The summed E-state index contributed by atoms with van der Waals surface area (Å²) in [6, 6.07) is 7.73. The summed E-state index contributed by atoms with van der Waals surface area (Å²) < 4.78 is 0. The summed E-state index contributed by atoms with van der Waals surface area (Å²) in [6.07, 6.45) is 4.33. The minimum absolute atomic E-state index is 0.269. The van der Waals surface area contributed by atoms with Crippen LogP contribution in [0.1, 0.15) is 24.8 Å². The molecular formula is C14H20ClNO. The number of rotatable bonds is 4. The summed E-state index contributed by atoms with van der Waals surface area (Å²) in [6.45, 7) is 3.07. The van der Waals surface area contributed by atoms with E-state index in [-0.39, 0.29) is 6.10 Å². The SMILES string of the molecule is OC(Cc1ccc(Cl)cc1)CN1CCCCC1. The summed E-state index contributed by atoms with van der Waals surface area (Å²) in [5.41, 5.74) is 1.15. The van der Waals surface area contributed by atoms with Gasteiger partial charge in [0.05, 0.1) is 6.10 Å². The van der Waals surface area contributed by atoms with Crippen LogP contribution in [0.4, 0.5) is 0 Å². The monoisotopic (exact) mass is 253 g/mol. The van der Waals surface area contributed by atoms with Crippen molar-refractivity contribution in [3.8, 4) is 0 Å². The standard InChI is InChI=1S/C14H20ClNO/c15-13-6-4-12(5-7-13)10-14(17)11-16-8-2-1-3-9-16/h4-7,14,17H,1-3,8-11H2. The highest BCUT2D eigenvalue weighted by molar-refractivity contribution is 6.30. The topological polar surface area (TPSA) is 23.5 Å². The first kappa shape index (κ1) is 12.9. The lowest BCUT2D eigenvalue weighted by Crippen LogP contribution is -2.37. The zero-order chi connectivity index (χ0) is 12.1. The van der Waals surface area contributed by atoms with E-state index in [1.54, 1.807) is 0 Å². The van der Waals surface area contributed by atoms with Gasteiger partial charge >= 0.3 is 0 Å². The minimum atomic E-state index is -0.269. The maximum absolute atomic E-state index is 10.0. The quantitative estimate of drug-likeness (QED) is 0.892.